The lowest BCUT2D eigenvalue weighted by Gasteiger charge is -2.11. The number of thiophene rings is 1. The van der Waals surface area contributed by atoms with Crippen LogP contribution in [0.3, 0.4) is 0 Å². The summed E-state index contributed by atoms with van der Waals surface area (Å²) in [5.74, 6) is -0.461. The van der Waals surface area contributed by atoms with Gasteiger partial charge in [0.05, 0.1) is 12.2 Å². The number of esters is 1. The minimum absolute atomic E-state index is 0.0483. The van der Waals surface area contributed by atoms with E-state index >= 15 is 0 Å². The Kier molecular flexibility index (Phi) is 8.63. The van der Waals surface area contributed by atoms with Gasteiger partial charge in [0, 0.05) is 10.8 Å². The third-order valence-corrected chi connectivity index (χ3v) is 6.12. The summed E-state index contributed by atoms with van der Waals surface area (Å²) < 4.78 is 5.32. The van der Waals surface area contributed by atoms with E-state index in [2.05, 4.69) is 5.32 Å². The van der Waals surface area contributed by atoms with Crippen molar-refractivity contribution in [3.05, 3.63) is 16.0 Å². The third-order valence-electron chi connectivity index (χ3n) is 4.91. The highest BCUT2D eigenvalue weighted by Gasteiger charge is 2.26. The molecule has 1 aliphatic carbocycles. The summed E-state index contributed by atoms with van der Waals surface area (Å²) in [6, 6.07) is 0. The van der Waals surface area contributed by atoms with E-state index < -0.39 is 0 Å². The smallest absolute Gasteiger partial charge is 0.341 e. The highest BCUT2D eigenvalue weighted by Crippen LogP contribution is 2.37. The van der Waals surface area contributed by atoms with Crippen LogP contribution in [0.25, 0.3) is 0 Å². The van der Waals surface area contributed by atoms with Crippen molar-refractivity contribution in [2.24, 2.45) is 5.92 Å². The van der Waals surface area contributed by atoms with Crippen molar-refractivity contribution >= 4 is 28.2 Å². The van der Waals surface area contributed by atoms with E-state index in [1.54, 1.807) is 11.3 Å². The molecule has 0 spiro atoms. The minimum Gasteiger partial charge on any atom is -0.462 e. The first-order valence-corrected chi connectivity index (χ1v) is 11.0. The van der Waals surface area contributed by atoms with Crippen LogP contribution in [0.15, 0.2) is 0 Å². The van der Waals surface area contributed by atoms with Gasteiger partial charge in [0.2, 0.25) is 5.91 Å². The molecule has 1 aromatic rings. The number of amides is 1. The van der Waals surface area contributed by atoms with E-state index in [0.29, 0.717) is 17.2 Å². The van der Waals surface area contributed by atoms with Crippen molar-refractivity contribution in [1.29, 1.82) is 0 Å². The largest absolute Gasteiger partial charge is 0.462 e. The zero-order valence-electron chi connectivity index (χ0n) is 16.5. The molecule has 0 bridgehead atoms. The van der Waals surface area contributed by atoms with Crippen LogP contribution in [0, 0.1) is 5.92 Å². The fraction of sp³-hybridized carbons (Fsp3) is 0.714. The molecular weight excluding hydrogens is 346 g/mol. The summed E-state index contributed by atoms with van der Waals surface area (Å²) >= 11 is 1.58. The minimum atomic E-state index is -0.295. The Balaban J connectivity index is 2.35. The second kappa shape index (κ2) is 10.7. The van der Waals surface area contributed by atoms with Crippen molar-refractivity contribution in [2.45, 2.75) is 85.0 Å². The van der Waals surface area contributed by atoms with Gasteiger partial charge in [-0.3, -0.25) is 4.79 Å². The average molecular weight is 380 g/mol. The number of anilines is 1. The standard InChI is InChI=1S/C21H33NO3S/c1-4-25-21(24)18-16-13-11-9-7-5-6-8-10-12-14-17(16)26-20(18)22-19(23)15(2)3/h15H,4-14H2,1-3H3,(H,22,23). The van der Waals surface area contributed by atoms with Crippen molar-refractivity contribution in [3.8, 4) is 0 Å². The molecule has 1 N–H and O–H groups in total. The molecule has 1 aliphatic rings. The highest BCUT2D eigenvalue weighted by molar-refractivity contribution is 7.17. The van der Waals surface area contributed by atoms with Crippen LogP contribution in [0.4, 0.5) is 5.00 Å². The van der Waals surface area contributed by atoms with Gasteiger partial charge in [0.25, 0.3) is 0 Å². The lowest BCUT2D eigenvalue weighted by atomic mass is 9.97. The molecule has 2 rings (SSSR count). The van der Waals surface area contributed by atoms with Gasteiger partial charge in [0.15, 0.2) is 0 Å². The fourth-order valence-corrected chi connectivity index (χ4v) is 4.67. The Hall–Kier alpha value is -1.36. The van der Waals surface area contributed by atoms with Crippen LogP contribution in [-0.4, -0.2) is 18.5 Å². The number of carbonyl (C=O) groups excluding carboxylic acids is 2. The summed E-state index contributed by atoms with van der Waals surface area (Å²) in [4.78, 5) is 26.2. The predicted octanol–water partition coefficient (Wildman–Crippen LogP) is 5.74. The molecule has 0 unspecified atom stereocenters. The van der Waals surface area contributed by atoms with E-state index in [-0.39, 0.29) is 17.8 Å². The van der Waals surface area contributed by atoms with Crippen LogP contribution in [-0.2, 0) is 22.4 Å². The normalized spacial score (nSPS) is 16.3. The maximum atomic E-state index is 12.7. The molecule has 0 saturated heterocycles. The molecule has 1 heterocycles. The second-order valence-electron chi connectivity index (χ2n) is 7.40. The lowest BCUT2D eigenvalue weighted by Crippen LogP contribution is -2.19. The van der Waals surface area contributed by atoms with Crippen molar-refractivity contribution in [3.63, 3.8) is 0 Å². The Bertz CT molecular complexity index is 607. The van der Waals surface area contributed by atoms with E-state index in [0.717, 1.165) is 31.2 Å². The molecule has 26 heavy (non-hydrogen) atoms. The summed E-state index contributed by atoms with van der Waals surface area (Å²) in [6.45, 7) is 5.90. The Labute approximate surface area is 161 Å². The number of carbonyl (C=O) groups is 2. The van der Waals surface area contributed by atoms with Gasteiger partial charge in [-0.15, -0.1) is 11.3 Å². The Morgan fingerprint density at radius 1 is 1.00 bits per heavy atom. The fourth-order valence-electron chi connectivity index (χ4n) is 3.39. The van der Waals surface area contributed by atoms with E-state index in [1.807, 2.05) is 20.8 Å². The van der Waals surface area contributed by atoms with Gasteiger partial charge in [-0.2, -0.15) is 0 Å². The third kappa shape index (κ3) is 5.83. The maximum Gasteiger partial charge on any atom is 0.341 e. The molecule has 0 atom stereocenters. The van der Waals surface area contributed by atoms with Gasteiger partial charge in [-0.1, -0.05) is 52.4 Å². The topological polar surface area (TPSA) is 55.4 Å². The van der Waals surface area contributed by atoms with E-state index in [4.69, 9.17) is 4.74 Å². The quantitative estimate of drug-likeness (QED) is 0.679. The summed E-state index contributed by atoms with van der Waals surface area (Å²) in [5.41, 5.74) is 1.73. The van der Waals surface area contributed by atoms with Crippen LogP contribution in [0.1, 0.15) is 92.9 Å². The molecule has 1 aromatic heterocycles. The van der Waals surface area contributed by atoms with Gasteiger partial charge in [-0.25, -0.2) is 4.79 Å². The van der Waals surface area contributed by atoms with Gasteiger partial charge in [0.1, 0.15) is 5.00 Å². The molecule has 5 heteroatoms. The van der Waals surface area contributed by atoms with Crippen LogP contribution in [0.2, 0.25) is 0 Å². The first kappa shape index (κ1) is 20.9. The number of hydrogen-bond acceptors (Lipinski definition) is 4. The predicted molar refractivity (Wildman–Crippen MR) is 108 cm³/mol. The first-order chi connectivity index (χ1) is 12.5. The number of rotatable bonds is 4. The van der Waals surface area contributed by atoms with Gasteiger partial charge >= 0.3 is 5.97 Å². The average Bonchev–Trinajstić information content (AvgIpc) is 2.92. The zero-order valence-corrected chi connectivity index (χ0v) is 17.3. The Morgan fingerprint density at radius 3 is 2.15 bits per heavy atom. The second-order valence-corrected chi connectivity index (χ2v) is 8.51. The van der Waals surface area contributed by atoms with Crippen molar-refractivity contribution in [1.82, 2.24) is 0 Å². The lowest BCUT2D eigenvalue weighted by molar-refractivity contribution is -0.118. The number of nitrogens with one attached hydrogen (secondary N) is 1. The molecular formula is C21H33NO3S. The number of hydrogen-bond donors (Lipinski definition) is 1. The highest BCUT2D eigenvalue weighted by atomic mass is 32.1. The molecule has 4 nitrogen and oxygen atoms in total. The van der Waals surface area contributed by atoms with Gasteiger partial charge in [-0.05, 0) is 38.2 Å². The van der Waals surface area contributed by atoms with Gasteiger partial charge < -0.3 is 10.1 Å². The summed E-state index contributed by atoms with van der Waals surface area (Å²) in [6.07, 6.45) is 11.8. The zero-order chi connectivity index (χ0) is 18.9. The number of aryl methyl sites for hydroxylation is 1. The molecule has 0 saturated carbocycles. The molecule has 146 valence electrons. The SMILES string of the molecule is CCOC(=O)c1c(NC(=O)C(C)C)sc2c1CCCCCCCCCC2. The van der Waals surface area contributed by atoms with Crippen LogP contribution >= 0.6 is 11.3 Å². The van der Waals surface area contributed by atoms with E-state index in [1.165, 1.54) is 43.4 Å². The van der Waals surface area contributed by atoms with Crippen LogP contribution < -0.4 is 5.32 Å². The molecule has 0 aliphatic heterocycles. The van der Waals surface area contributed by atoms with E-state index in [9.17, 15) is 9.59 Å². The molecule has 1 amide bonds. The summed E-state index contributed by atoms with van der Waals surface area (Å²) in [7, 11) is 0. The maximum absolute atomic E-state index is 12.7. The molecule has 0 fully saturated rings. The molecule has 0 aromatic carbocycles. The van der Waals surface area contributed by atoms with Crippen molar-refractivity contribution in [2.75, 3.05) is 11.9 Å². The number of ether oxygens (including phenoxy) is 1. The Morgan fingerprint density at radius 2 is 1.58 bits per heavy atom. The summed E-state index contributed by atoms with van der Waals surface area (Å²) in [5, 5.41) is 3.66. The van der Waals surface area contributed by atoms with Crippen LogP contribution in [0.5, 0.6) is 0 Å². The first-order valence-electron chi connectivity index (χ1n) is 10.2. The monoisotopic (exact) mass is 379 g/mol. The van der Waals surface area contributed by atoms with Crippen molar-refractivity contribution < 1.29 is 14.3 Å². The number of fused-ring (bicyclic) bond motifs is 1. The molecule has 0 radical (unpaired) electrons.